The summed E-state index contributed by atoms with van der Waals surface area (Å²) in [6.45, 7) is 2.14. The zero-order chi connectivity index (χ0) is 10.7. The molecule has 2 nitrogen and oxygen atoms in total. The molecular formula is C12H11IN2. The Bertz CT molecular complexity index is 454. The number of hydrogen-bond acceptors (Lipinski definition) is 2. The summed E-state index contributed by atoms with van der Waals surface area (Å²) in [5, 5.41) is 0. The fourth-order valence-corrected chi connectivity index (χ4v) is 2.33. The highest BCUT2D eigenvalue weighted by Gasteiger charge is 2.08. The van der Waals surface area contributed by atoms with Crippen LogP contribution in [0.2, 0.25) is 0 Å². The van der Waals surface area contributed by atoms with Crippen LogP contribution in [0.5, 0.6) is 0 Å². The van der Waals surface area contributed by atoms with Gasteiger partial charge in [0.1, 0.15) is 0 Å². The van der Waals surface area contributed by atoms with Gasteiger partial charge >= 0.3 is 0 Å². The maximum atomic E-state index is 4.41. The minimum atomic E-state index is 0.952. The molecule has 0 saturated carbocycles. The molecular weight excluding hydrogens is 299 g/mol. The second-order valence-electron chi connectivity index (χ2n) is 3.19. The van der Waals surface area contributed by atoms with E-state index in [1.165, 1.54) is 9.13 Å². The highest BCUT2D eigenvalue weighted by molar-refractivity contribution is 14.1. The van der Waals surface area contributed by atoms with Crippen molar-refractivity contribution in [3.8, 4) is 11.4 Å². The van der Waals surface area contributed by atoms with Gasteiger partial charge in [0.25, 0.3) is 0 Å². The summed E-state index contributed by atoms with van der Waals surface area (Å²) in [5.74, 6) is 0. The van der Waals surface area contributed by atoms with Crippen molar-refractivity contribution in [2.45, 2.75) is 13.3 Å². The predicted molar refractivity (Wildman–Crippen MR) is 69.6 cm³/mol. The molecule has 0 bridgehead atoms. The van der Waals surface area contributed by atoms with Gasteiger partial charge in [0.15, 0.2) is 0 Å². The number of hydrogen-bond donors (Lipinski definition) is 0. The number of nitrogens with zero attached hydrogens (tertiary/aromatic N) is 2. The van der Waals surface area contributed by atoms with Crippen LogP contribution < -0.4 is 0 Å². The van der Waals surface area contributed by atoms with E-state index in [1.54, 1.807) is 6.20 Å². The van der Waals surface area contributed by atoms with E-state index in [1.807, 2.05) is 30.5 Å². The third-order valence-electron chi connectivity index (χ3n) is 2.26. The van der Waals surface area contributed by atoms with Crippen LogP contribution in [0.1, 0.15) is 12.5 Å². The van der Waals surface area contributed by atoms with Gasteiger partial charge in [-0.15, -0.1) is 0 Å². The molecule has 0 N–H and O–H groups in total. The van der Waals surface area contributed by atoms with Crippen LogP contribution in [0.15, 0.2) is 36.7 Å². The van der Waals surface area contributed by atoms with Crippen LogP contribution in [0, 0.1) is 3.57 Å². The van der Waals surface area contributed by atoms with E-state index in [4.69, 9.17) is 0 Å². The highest BCUT2D eigenvalue weighted by atomic mass is 127. The number of aromatic nitrogens is 2. The molecule has 0 aliphatic heterocycles. The van der Waals surface area contributed by atoms with Gasteiger partial charge in [-0.3, -0.25) is 9.97 Å². The lowest BCUT2D eigenvalue weighted by Crippen LogP contribution is -1.96. The van der Waals surface area contributed by atoms with Gasteiger partial charge in [-0.05, 0) is 52.8 Å². The summed E-state index contributed by atoms with van der Waals surface area (Å²) in [5.41, 5.74) is 3.23. The third-order valence-corrected chi connectivity index (χ3v) is 3.27. The average molecular weight is 310 g/mol. The molecule has 3 heteroatoms. The Kier molecular flexibility index (Phi) is 3.30. The fraction of sp³-hybridized carbons (Fsp3) is 0.167. The van der Waals surface area contributed by atoms with E-state index < -0.39 is 0 Å². The topological polar surface area (TPSA) is 25.8 Å². The van der Waals surface area contributed by atoms with Crippen molar-refractivity contribution in [1.82, 2.24) is 9.97 Å². The first-order valence-corrected chi connectivity index (χ1v) is 5.95. The standard InChI is InChI=1S/C12H11IN2/c1-2-9-10(13)6-8-15-12(9)11-5-3-4-7-14-11/h3-8H,2H2,1H3. The number of rotatable bonds is 2. The molecule has 0 radical (unpaired) electrons. The molecule has 76 valence electrons. The minimum Gasteiger partial charge on any atom is -0.255 e. The van der Waals surface area contributed by atoms with Crippen molar-refractivity contribution in [3.63, 3.8) is 0 Å². The molecule has 2 rings (SSSR count). The largest absolute Gasteiger partial charge is 0.255 e. The van der Waals surface area contributed by atoms with E-state index in [0.29, 0.717) is 0 Å². The van der Waals surface area contributed by atoms with Crippen molar-refractivity contribution in [2.24, 2.45) is 0 Å². The van der Waals surface area contributed by atoms with E-state index >= 15 is 0 Å². The van der Waals surface area contributed by atoms with Crippen LogP contribution in [0.25, 0.3) is 11.4 Å². The Morgan fingerprint density at radius 1 is 1.13 bits per heavy atom. The minimum absolute atomic E-state index is 0.952. The lowest BCUT2D eigenvalue weighted by molar-refractivity contribution is 1.08. The molecule has 0 aliphatic carbocycles. The zero-order valence-electron chi connectivity index (χ0n) is 8.44. The second kappa shape index (κ2) is 4.70. The Balaban J connectivity index is 2.58. The molecule has 2 heterocycles. The Morgan fingerprint density at radius 3 is 2.67 bits per heavy atom. The highest BCUT2D eigenvalue weighted by Crippen LogP contribution is 2.23. The van der Waals surface area contributed by atoms with Crippen LogP contribution in [-0.4, -0.2) is 9.97 Å². The maximum absolute atomic E-state index is 4.41. The van der Waals surface area contributed by atoms with Crippen molar-refractivity contribution in [3.05, 3.63) is 45.8 Å². The summed E-state index contributed by atoms with van der Waals surface area (Å²) in [7, 11) is 0. The van der Waals surface area contributed by atoms with Gasteiger partial charge in [0.2, 0.25) is 0 Å². The van der Waals surface area contributed by atoms with Gasteiger partial charge in [-0.2, -0.15) is 0 Å². The lowest BCUT2D eigenvalue weighted by Gasteiger charge is -2.07. The van der Waals surface area contributed by atoms with Crippen LogP contribution in [0.4, 0.5) is 0 Å². The first-order chi connectivity index (χ1) is 7.33. The molecule has 0 saturated heterocycles. The smallest absolute Gasteiger partial charge is 0.0928 e. The summed E-state index contributed by atoms with van der Waals surface area (Å²) in [6.07, 6.45) is 4.62. The third kappa shape index (κ3) is 2.17. The molecule has 0 aliphatic rings. The fourth-order valence-electron chi connectivity index (χ4n) is 1.53. The second-order valence-corrected chi connectivity index (χ2v) is 4.35. The average Bonchev–Trinajstić information content (AvgIpc) is 2.30. The van der Waals surface area contributed by atoms with Gasteiger partial charge < -0.3 is 0 Å². The molecule has 0 amide bonds. The quantitative estimate of drug-likeness (QED) is 0.795. The molecule has 0 spiro atoms. The zero-order valence-corrected chi connectivity index (χ0v) is 10.6. The Morgan fingerprint density at radius 2 is 2.00 bits per heavy atom. The molecule has 15 heavy (non-hydrogen) atoms. The molecule has 0 aromatic carbocycles. The molecule has 2 aromatic rings. The first kappa shape index (κ1) is 10.5. The predicted octanol–water partition coefficient (Wildman–Crippen LogP) is 3.31. The summed E-state index contributed by atoms with van der Waals surface area (Å²) in [6, 6.07) is 7.94. The normalized spacial score (nSPS) is 10.3. The molecule has 0 atom stereocenters. The number of pyridine rings is 2. The Hall–Kier alpha value is -0.970. The summed E-state index contributed by atoms with van der Waals surface area (Å²) >= 11 is 2.35. The van der Waals surface area contributed by atoms with E-state index in [-0.39, 0.29) is 0 Å². The lowest BCUT2D eigenvalue weighted by atomic mass is 10.1. The van der Waals surface area contributed by atoms with Crippen LogP contribution in [0.3, 0.4) is 0 Å². The summed E-state index contributed by atoms with van der Waals surface area (Å²) < 4.78 is 1.26. The van der Waals surface area contributed by atoms with Gasteiger partial charge in [-0.1, -0.05) is 13.0 Å². The van der Waals surface area contributed by atoms with Gasteiger partial charge in [0.05, 0.1) is 11.4 Å². The number of halogens is 1. The molecule has 2 aromatic heterocycles. The van der Waals surface area contributed by atoms with Crippen molar-refractivity contribution < 1.29 is 0 Å². The SMILES string of the molecule is CCc1c(I)ccnc1-c1ccccn1. The van der Waals surface area contributed by atoms with E-state index in [9.17, 15) is 0 Å². The molecule has 0 fully saturated rings. The van der Waals surface area contributed by atoms with Crippen molar-refractivity contribution in [2.75, 3.05) is 0 Å². The maximum Gasteiger partial charge on any atom is 0.0928 e. The van der Waals surface area contributed by atoms with Crippen molar-refractivity contribution >= 4 is 22.6 Å². The monoisotopic (exact) mass is 310 g/mol. The van der Waals surface area contributed by atoms with Crippen molar-refractivity contribution in [1.29, 1.82) is 0 Å². The first-order valence-electron chi connectivity index (χ1n) is 4.87. The van der Waals surface area contributed by atoms with E-state index in [0.717, 1.165) is 17.8 Å². The van der Waals surface area contributed by atoms with Gasteiger partial charge in [0, 0.05) is 16.0 Å². The van der Waals surface area contributed by atoms with Crippen LogP contribution in [-0.2, 0) is 6.42 Å². The molecule has 0 unspecified atom stereocenters. The van der Waals surface area contributed by atoms with Crippen LogP contribution >= 0.6 is 22.6 Å². The van der Waals surface area contributed by atoms with E-state index in [2.05, 4.69) is 39.5 Å². The van der Waals surface area contributed by atoms with Gasteiger partial charge in [-0.25, -0.2) is 0 Å². The summed E-state index contributed by atoms with van der Waals surface area (Å²) in [4.78, 5) is 8.75. The Labute approximate surface area is 103 Å².